The van der Waals surface area contributed by atoms with Crippen molar-refractivity contribution >= 4 is 11.6 Å². The van der Waals surface area contributed by atoms with E-state index < -0.39 is 0 Å². The molecule has 0 amide bonds. The summed E-state index contributed by atoms with van der Waals surface area (Å²) in [5.74, 6) is 4.53. The summed E-state index contributed by atoms with van der Waals surface area (Å²) in [6, 6.07) is 4.21. The zero-order valence-electron chi connectivity index (χ0n) is 6.39. The molecule has 0 fully saturated rings. The molecule has 12 heavy (non-hydrogen) atoms. The number of nitrogens with two attached hydrogens (primary N) is 1. The average molecular weight is 190 g/mol. The first-order valence-corrected chi connectivity index (χ1v) is 3.87. The highest BCUT2D eigenvalue weighted by atomic mass is 35.5. The predicted octanol–water partition coefficient (Wildman–Crippen LogP) is 1.91. The summed E-state index contributed by atoms with van der Waals surface area (Å²) >= 11 is 5.77. The van der Waals surface area contributed by atoms with Gasteiger partial charge in [0.05, 0.1) is 6.61 Å². The van der Waals surface area contributed by atoms with Crippen LogP contribution in [0.25, 0.3) is 0 Å². The molecule has 0 radical (unpaired) electrons. The third-order valence-electron chi connectivity index (χ3n) is 1.50. The molecule has 2 nitrogen and oxygen atoms in total. The van der Waals surface area contributed by atoms with Gasteiger partial charge in [-0.3, -0.25) is 0 Å². The minimum absolute atomic E-state index is 0.300. The Kier molecular flexibility index (Phi) is 3.47. The Morgan fingerprint density at radius 2 is 2.25 bits per heavy atom. The molecule has 1 aromatic rings. The first-order chi connectivity index (χ1) is 5.74. The first kappa shape index (κ1) is 9.45. The van der Waals surface area contributed by atoms with Crippen molar-refractivity contribution < 1.29 is 9.23 Å². The van der Waals surface area contributed by atoms with Gasteiger partial charge in [0.1, 0.15) is 5.82 Å². The van der Waals surface area contributed by atoms with Gasteiger partial charge >= 0.3 is 0 Å². The maximum absolute atomic E-state index is 12.6. The van der Waals surface area contributed by atoms with E-state index in [-0.39, 0.29) is 5.82 Å². The molecule has 0 heterocycles. The second-order valence-electron chi connectivity index (χ2n) is 2.36. The van der Waals surface area contributed by atoms with Gasteiger partial charge in [-0.25, -0.2) is 10.3 Å². The van der Waals surface area contributed by atoms with Crippen molar-refractivity contribution in [3.05, 3.63) is 34.6 Å². The summed E-state index contributed by atoms with van der Waals surface area (Å²) in [5.41, 5.74) is 0.710. The van der Waals surface area contributed by atoms with Crippen LogP contribution in [0.2, 0.25) is 5.02 Å². The molecule has 0 unspecified atom stereocenters. The summed E-state index contributed by atoms with van der Waals surface area (Å²) in [7, 11) is 0. The summed E-state index contributed by atoms with van der Waals surface area (Å²) < 4.78 is 12.6. The van der Waals surface area contributed by atoms with E-state index in [0.29, 0.717) is 23.6 Å². The Bertz CT molecular complexity index is 267. The van der Waals surface area contributed by atoms with Gasteiger partial charge in [-0.1, -0.05) is 11.6 Å². The molecule has 2 N–H and O–H groups in total. The van der Waals surface area contributed by atoms with Gasteiger partial charge in [0.15, 0.2) is 0 Å². The molecule has 0 aliphatic rings. The van der Waals surface area contributed by atoms with E-state index in [2.05, 4.69) is 4.84 Å². The van der Waals surface area contributed by atoms with Crippen LogP contribution in [-0.2, 0) is 11.3 Å². The van der Waals surface area contributed by atoms with Gasteiger partial charge in [-0.15, -0.1) is 0 Å². The van der Waals surface area contributed by atoms with Crippen molar-refractivity contribution in [3.8, 4) is 0 Å². The SMILES string of the molecule is NOCCc1cc(F)ccc1Cl. The van der Waals surface area contributed by atoms with Gasteiger partial charge in [0.25, 0.3) is 0 Å². The monoisotopic (exact) mass is 189 g/mol. The van der Waals surface area contributed by atoms with Crippen molar-refractivity contribution in [2.45, 2.75) is 6.42 Å². The molecule has 0 bridgehead atoms. The van der Waals surface area contributed by atoms with E-state index in [1.54, 1.807) is 0 Å². The quantitative estimate of drug-likeness (QED) is 0.738. The fourth-order valence-electron chi connectivity index (χ4n) is 0.904. The molecule has 0 spiro atoms. The minimum Gasteiger partial charge on any atom is -0.304 e. The summed E-state index contributed by atoms with van der Waals surface area (Å²) in [5, 5.41) is 0.536. The standard InChI is InChI=1S/C8H9ClFNO/c9-8-2-1-7(10)5-6(8)3-4-12-11/h1-2,5H,3-4,11H2. The van der Waals surface area contributed by atoms with Crippen LogP contribution in [0.3, 0.4) is 0 Å². The largest absolute Gasteiger partial charge is 0.304 e. The van der Waals surface area contributed by atoms with Crippen LogP contribution >= 0.6 is 11.6 Å². The predicted molar refractivity (Wildman–Crippen MR) is 45.3 cm³/mol. The Morgan fingerprint density at radius 1 is 1.50 bits per heavy atom. The molecule has 0 aliphatic heterocycles. The van der Waals surface area contributed by atoms with Crippen LogP contribution in [0.1, 0.15) is 5.56 Å². The highest BCUT2D eigenvalue weighted by molar-refractivity contribution is 6.31. The molecule has 66 valence electrons. The van der Waals surface area contributed by atoms with Crippen LogP contribution in [0.5, 0.6) is 0 Å². The Hall–Kier alpha value is -0.640. The minimum atomic E-state index is -0.300. The highest BCUT2D eigenvalue weighted by Gasteiger charge is 2.01. The van der Waals surface area contributed by atoms with E-state index in [9.17, 15) is 4.39 Å². The van der Waals surface area contributed by atoms with Crippen molar-refractivity contribution in [2.75, 3.05) is 6.61 Å². The second kappa shape index (κ2) is 4.40. The zero-order chi connectivity index (χ0) is 8.97. The van der Waals surface area contributed by atoms with Crippen molar-refractivity contribution in [1.82, 2.24) is 0 Å². The lowest BCUT2D eigenvalue weighted by Gasteiger charge is -2.02. The van der Waals surface area contributed by atoms with Gasteiger partial charge in [-0.05, 0) is 30.2 Å². The van der Waals surface area contributed by atoms with Gasteiger partial charge in [0, 0.05) is 5.02 Å². The lowest BCUT2D eigenvalue weighted by atomic mass is 10.1. The van der Waals surface area contributed by atoms with E-state index in [1.807, 2.05) is 0 Å². The van der Waals surface area contributed by atoms with E-state index >= 15 is 0 Å². The van der Waals surface area contributed by atoms with Crippen molar-refractivity contribution in [3.63, 3.8) is 0 Å². The van der Waals surface area contributed by atoms with Crippen LogP contribution in [0, 0.1) is 5.82 Å². The normalized spacial score (nSPS) is 10.2. The third kappa shape index (κ3) is 2.44. The molecule has 0 atom stereocenters. The van der Waals surface area contributed by atoms with E-state index in [1.165, 1.54) is 18.2 Å². The Labute approximate surface area is 75.0 Å². The lowest BCUT2D eigenvalue weighted by Crippen LogP contribution is -2.04. The second-order valence-corrected chi connectivity index (χ2v) is 2.76. The number of halogens is 2. The number of hydrogen-bond donors (Lipinski definition) is 1. The average Bonchev–Trinajstić information content (AvgIpc) is 2.07. The number of hydrogen-bond acceptors (Lipinski definition) is 2. The molecular formula is C8H9ClFNO. The topological polar surface area (TPSA) is 35.2 Å². The molecule has 0 saturated carbocycles. The van der Waals surface area contributed by atoms with Gasteiger partial charge in [0.2, 0.25) is 0 Å². The lowest BCUT2D eigenvalue weighted by molar-refractivity contribution is 0.141. The molecular weight excluding hydrogens is 181 g/mol. The molecule has 0 aliphatic carbocycles. The maximum Gasteiger partial charge on any atom is 0.123 e. The number of benzene rings is 1. The van der Waals surface area contributed by atoms with Crippen molar-refractivity contribution in [2.24, 2.45) is 5.90 Å². The van der Waals surface area contributed by atoms with Gasteiger partial charge < -0.3 is 4.84 Å². The third-order valence-corrected chi connectivity index (χ3v) is 1.87. The van der Waals surface area contributed by atoms with Crippen LogP contribution in [-0.4, -0.2) is 6.61 Å². The highest BCUT2D eigenvalue weighted by Crippen LogP contribution is 2.17. The molecule has 0 aromatic heterocycles. The van der Waals surface area contributed by atoms with Gasteiger partial charge in [-0.2, -0.15) is 0 Å². The fraction of sp³-hybridized carbons (Fsp3) is 0.250. The van der Waals surface area contributed by atoms with Crippen molar-refractivity contribution in [1.29, 1.82) is 0 Å². The Balaban J connectivity index is 2.75. The summed E-state index contributed by atoms with van der Waals surface area (Å²) in [4.78, 5) is 4.36. The van der Waals surface area contributed by atoms with Crippen LogP contribution in [0.4, 0.5) is 4.39 Å². The molecule has 0 saturated heterocycles. The molecule has 4 heteroatoms. The molecule has 1 aromatic carbocycles. The summed E-state index contributed by atoms with van der Waals surface area (Å²) in [6.45, 7) is 0.336. The Morgan fingerprint density at radius 3 is 2.92 bits per heavy atom. The first-order valence-electron chi connectivity index (χ1n) is 3.49. The van der Waals surface area contributed by atoms with Crippen LogP contribution in [0.15, 0.2) is 18.2 Å². The fourth-order valence-corrected chi connectivity index (χ4v) is 1.12. The van der Waals surface area contributed by atoms with E-state index in [4.69, 9.17) is 17.5 Å². The maximum atomic E-state index is 12.6. The smallest absolute Gasteiger partial charge is 0.123 e. The molecule has 1 rings (SSSR count). The summed E-state index contributed by atoms with van der Waals surface area (Å²) in [6.07, 6.45) is 0.521. The number of rotatable bonds is 3. The zero-order valence-corrected chi connectivity index (χ0v) is 7.14. The van der Waals surface area contributed by atoms with Crippen LogP contribution < -0.4 is 5.90 Å². The van der Waals surface area contributed by atoms with E-state index in [0.717, 1.165) is 0 Å².